The van der Waals surface area contributed by atoms with E-state index in [1.54, 1.807) is 0 Å². The highest BCUT2D eigenvalue weighted by Gasteiger charge is 2.17. The Kier molecular flexibility index (Phi) is 7.92. The van der Waals surface area contributed by atoms with Gasteiger partial charge in [-0.1, -0.05) is 34.1 Å². The van der Waals surface area contributed by atoms with E-state index >= 15 is 0 Å². The van der Waals surface area contributed by atoms with E-state index in [2.05, 4.69) is 37.9 Å². The van der Waals surface area contributed by atoms with Crippen molar-refractivity contribution in [3.63, 3.8) is 0 Å². The molecular formula is C16H34N2. The average Bonchev–Trinajstić information content (AvgIpc) is 2.53. The van der Waals surface area contributed by atoms with Crippen LogP contribution in [0.25, 0.3) is 0 Å². The van der Waals surface area contributed by atoms with Crippen LogP contribution in [0.15, 0.2) is 0 Å². The second kappa shape index (κ2) is 8.92. The zero-order valence-electron chi connectivity index (χ0n) is 13.0. The molecule has 0 aromatic heterocycles. The van der Waals surface area contributed by atoms with Gasteiger partial charge in [0.1, 0.15) is 0 Å². The van der Waals surface area contributed by atoms with E-state index in [9.17, 15) is 0 Å². The Labute approximate surface area is 115 Å². The molecule has 108 valence electrons. The van der Waals surface area contributed by atoms with Crippen LogP contribution < -0.4 is 5.32 Å². The first-order valence-electron chi connectivity index (χ1n) is 8.04. The summed E-state index contributed by atoms with van der Waals surface area (Å²) in [6.45, 7) is 15.5. The first-order chi connectivity index (χ1) is 8.61. The van der Waals surface area contributed by atoms with Gasteiger partial charge < -0.3 is 10.2 Å². The summed E-state index contributed by atoms with van der Waals surface area (Å²) in [7, 11) is 0. The number of hydrogen-bond acceptors (Lipinski definition) is 2. The van der Waals surface area contributed by atoms with Gasteiger partial charge in [0.15, 0.2) is 0 Å². The molecule has 0 radical (unpaired) electrons. The lowest BCUT2D eigenvalue weighted by Crippen LogP contribution is -2.35. The molecule has 1 saturated heterocycles. The highest BCUT2D eigenvalue weighted by atomic mass is 15.1. The maximum Gasteiger partial charge on any atom is 0.00191 e. The molecule has 18 heavy (non-hydrogen) atoms. The Balaban J connectivity index is 2.16. The summed E-state index contributed by atoms with van der Waals surface area (Å²) in [5, 5.41) is 3.58. The summed E-state index contributed by atoms with van der Waals surface area (Å²) in [6, 6.07) is 0. The fraction of sp³-hybridized carbons (Fsp3) is 1.00. The lowest BCUT2D eigenvalue weighted by atomic mass is 9.98. The molecule has 2 nitrogen and oxygen atoms in total. The number of hydrogen-bond donors (Lipinski definition) is 1. The molecule has 0 bridgehead atoms. The standard InChI is InChI=1S/C16H34N2/c1-5-16-7-6-9-18(10-8-16)13-15(4)12-17-11-14(2)3/h14-17H,5-13H2,1-4H3. The minimum Gasteiger partial charge on any atom is -0.316 e. The van der Waals surface area contributed by atoms with Crippen LogP contribution >= 0.6 is 0 Å². The second-order valence-electron chi connectivity index (χ2n) is 6.66. The third kappa shape index (κ3) is 6.75. The molecule has 1 fully saturated rings. The summed E-state index contributed by atoms with van der Waals surface area (Å²) in [5.74, 6) is 2.53. The van der Waals surface area contributed by atoms with E-state index in [0.29, 0.717) is 0 Å². The Morgan fingerprint density at radius 1 is 1.11 bits per heavy atom. The van der Waals surface area contributed by atoms with Gasteiger partial charge in [-0.25, -0.2) is 0 Å². The van der Waals surface area contributed by atoms with Gasteiger partial charge >= 0.3 is 0 Å². The van der Waals surface area contributed by atoms with Crippen LogP contribution in [0.1, 0.15) is 53.4 Å². The highest BCUT2D eigenvalue weighted by Crippen LogP contribution is 2.20. The van der Waals surface area contributed by atoms with Crippen LogP contribution in [0, 0.1) is 17.8 Å². The van der Waals surface area contributed by atoms with Crippen molar-refractivity contribution in [1.29, 1.82) is 0 Å². The summed E-state index contributed by atoms with van der Waals surface area (Å²) >= 11 is 0. The quantitative estimate of drug-likeness (QED) is 0.749. The van der Waals surface area contributed by atoms with E-state index in [4.69, 9.17) is 0 Å². The molecule has 1 aliphatic heterocycles. The SMILES string of the molecule is CCC1CCCN(CC(C)CNCC(C)C)CC1. The molecular weight excluding hydrogens is 220 g/mol. The molecule has 1 heterocycles. The molecule has 0 spiro atoms. The molecule has 0 amide bonds. The first kappa shape index (κ1) is 16.0. The van der Waals surface area contributed by atoms with Crippen molar-refractivity contribution in [3.8, 4) is 0 Å². The highest BCUT2D eigenvalue weighted by molar-refractivity contribution is 4.72. The molecule has 2 unspecified atom stereocenters. The fourth-order valence-electron chi connectivity index (χ4n) is 2.94. The second-order valence-corrected chi connectivity index (χ2v) is 6.66. The van der Waals surface area contributed by atoms with Crippen LogP contribution in [0.4, 0.5) is 0 Å². The smallest absolute Gasteiger partial charge is 0.00191 e. The first-order valence-corrected chi connectivity index (χ1v) is 8.04. The van der Waals surface area contributed by atoms with Crippen LogP contribution in [0.5, 0.6) is 0 Å². The third-order valence-electron chi connectivity index (χ3n) is 4.13. The Morgan fingerprint density at radius 2 is 1.89 bits per heavy atom. The topological polar surface area (TPSA) is 15.3 Å². The average molecular weight is 254 g/mol. The third-order valence-corrected chi connectivity index (χ3v) is 4.13. The molecule has 0 aromatic carbocycles. The predicted molar refractivity (Wildman–Crippen MR) is 80.9 cm³/mol. The minimum atomic E-state index is 0.765. The van der Waals surface area contributed by atoms with Crippen LogP contribution in [0.2, 0.25) is 0 Å². The van der Waals surface area contributed by atoms with Gasteiger partial charge in [0, 0.05) is 6.54 Å². The summed E-state index contributed by atoms with van der Waals surface area (Å²) in [6.07, 6.45) is 5.65. The van der Waals surface area contributed by atoms with E-state index in [1.165, 1.54) is 51.9 Å². The van der Waals surface area contributed by atoms with Gasteiger partial charge in [-0.3, -0.25) is 0 Å². The number of rotatable bonds is 7. The molecule has 2 heteroatoms. The lowest BCUT2D eigenvalue weighted by Gasteiger charge is -2.24. The van der Waals surface area contributed by atoms with Gasteiger partial charge in [0.05, 0.1) is 0 Å². The van der Waals surface area contributed by atoms with Crippen molar-refractivity contribution in [2.75, 3.05) is 32.7 Å². The fourth-order valence-corrected chi connectivity index (χ4v) is 2.94. The Bertz CT molecular complexity index is 203. The molecule has 0 saturated carbocycles. The van der Waals surface area contributed by atoms with E-state index in [1.807, 2.05) is 0 Å². The van der Waals surface area contributed by atoms with Crippen molar-refractivity contribution in [2.45, 2.75) is 53.4 Å². The maximum atomic E-state index is 3.58. The normalized spacial score (nSPS) is 24.2. The van der Waals surface area contributed by atoms with Crippen molar-refractivity contribution < 1.29 is 0 Å². The van der Waals surface area contributed by atoms with Crippen molar-refractivity contribution in [2.24, 2.45) is 17.8 Å². The van der Waals surface area contributed by atoms with Gasteiger partial charge in [-0.15, -0.1) is 0 Å². The summed E-state index contributed by atoms with van der Waals surface area (Å²) in [4.78, 5) is 2.69. The largest absolute Gasteiger partial charge is 0.316 e. The van der Waals surface area contributed by atoms with Crippen LogP contribution in [0.3, 0.4) is 0 Å². The molecule has 1 aliphatic rings. The molecule has 2 atom stereocenters. The monoisotopic (exact) mass is 254 g/mol. The van der Waals surface area contributed by atoms with E-state index in [0.717, 1.165) is 24.3 Å². The predicted octanol–water partition coefficient (Wildman–Crippen LogP) is 3.38. The Morgan fingerprint density at radius 3 is 2.56 bits per heavy atom. The Hall–Kier alpha value is -0.0800. The van der Waals surface area contributed by atoms with Gasteiger partial charge in [-0.2, -0.15) is 0 Å². The van der Waals surface area contributed by atoms with E-state index in [-0.39, 0.29) is 0 Å². The molecule has 1 rings (SSSR count). The van der Waals surface area contributed by atoms with Gasteiger partial charge in [0.25, 0.3) is 0 Å². The zero-order valence-corrected chi connectivity index (χ0v) is 13.0. The lowest BCUT2D eigenvalue weighted by molar-refractivity contribution is 0.239. The molecule has 1 N–H and O–H groups in total. The van der Waals surface area contributed by atoms with Crippen molar-refractivity contribution >= 4 is 0 Å². The van der Waals surface area contributed by atoms with Crippen LogP contribution in [-0.2, 0) is 0 Å². The number of likely N-dealkylation sites (tertiary alicyclic amines) is 1. The van der Waals surface area contributed by atoms with Crippen LogP contribution in [-0.4, -0.2) is 37.6 Å². The number of nitrogens with one attached hydrogen (secondary N) is 1. The van der Waals surface area contributed by atoms with E-state index < -0.39 is 0 Å². The zero-order chi connectivity index (χ0) is 13.4. The van der Waals surface area contributed by atoms with Crippen molar-refractivity contribution in [3.05, 3.63) is 0 Å². The van der Waals surface area contributed by atoms with Gasteiger partial charge in [0.2, 0.25) is 0 Å². The summed E-state index contributed by atoms with van der Waals surface area (Å²) in [5.41, 5.74) is 0. The summed E-state index contributed by atoms with van der Waals surface area (Å²) < 4.78 is 0. The molecule has 0 aromatic rings. The molecule has 0 aliphatic carbocycles. The minimum absolute atomic E-state index is 0.765. The maximum absolute atomic E-state index is 3.58. The number of nitrogens with zero attached hydrogens (tertiary/aromatic N) is 1. The van der Waals surface area contributed by atoms with Crippen molar-refractivity contribution in [1.82, 2.24) is 10.2 Å². The van der Waals surface area contributed by atoms with Gasteiger partial charge in [-0.05, 0) is 63.2 Å².